The molecule has 0 spiro atoms. The minimum atomic E-state index is 0.107. The molecule has 0 aliphatic carbocycles. The maximum atomic E-state index is 5.88. The fourth-order valence-electron chi connectivity index (χ4n) is 1.71. The number of hydrogen-bond acceptors (Lipinski definition) is 4. The summed E-state index contributed by atoms with van der Waals surface area (Å²) in [5.41, 5.74) is 8.65. The van der Waals surface area contributed by atoms with Gasteiger partial charge in [-0.05, 0) is 37.6 Å². The number of aromatic nitrogens is 1. The largest absolute Gasteiger partial charge is 0.489 e. The van der Waals surface area contributed by atoms with Crippen molar-refractivity contribution in [1.29, 1.82) is 0 Å². The van der Waals surface area contributed by atoms with Crippen molar-refractivity contribution in [3.05, 3.63) is 48.3 Å². The van der Waals surface area contributed by atoms with Gasteiger partial charge in [-0.2, -0.15) is 0 Å². The summed E-state index contributed by atoms with van der Waals surface area (Å²) in [5, 5.41) is 3.33. The van der Waals surface area contributed by atoms with Gasteiger partial charge in [0.1, 0.15) is 5.75 Å². The first kappa shape index (κ1) is 13.2. The number of ether oxygens (including phenoxy) is 1. The number of hydrogen-bond donors (Lipinski definition) is 2. The van der Waals surface area contributed by atoms with Gasteiger partial charge in [0.15, 0.2) is 0 Å². The molecule has 1 heterocycles. The van der Waals surface area contributed by atoms with Crippen LogP contribution in [0.1, 0.15) is 19.4 Å². The molecule has 0 saturated carbocycles. The third-order valence-corrected chi connectivity index (χ3v) is 2.60. The normalized spacial score (nSPS) is 10.5. The Bertz CT molecular complexity index is 526. The monoisotopic (exact) mass is 257 g/mol. The van der Waals surface area contributed by atoms with Crippen LogP contribution in [0.15, 0.2) is 42.7 Å². The molecule has 1 aromatic heterocycles. The molecule has 2 aromatic rings. The molecule has 100 valence electrons. The van der Waals surface area contributed by atoms with Crippen molar-refractivity contribution in [2.24, 2.45) is 0 Å². The quantitative estimate of drug-likeness (QED) is 0.808. The fourth-order valence-corrected chi connectivity index (χ4v) is 1.71. The van der Waals surface area contributed by atoms with Gasteiger partial charge in [0.05, 0.1) is 11.8 Å². The molecule has 0 amide bonds. The van der Waals surface area contributed by atoms with E-state index in [1.807, 2.05) is 50.4 Å². The van der Waals surface area contributed by atoms with E-state index in [9.17, 15) is 0 Å². The van der Waals surface area contributed by atoms with E-state index in [0.717, 1.165) is 17.8 Å². The molecule has 4 heteroatoms. The van der Waals surface area contributed by atoms with Gasteiger partial charge in [-0.15, -0.1) is 0 Å². The lowest BCUT2D eigenvalue weighted by molar-refractivity contribution is 0.244. The number of pyridine rings is 1. The van der Waals surface area contributed by atoms with Crippen molar-refractivity contribution in [3.63, 3.8) is 0 Å². The minimum Gasteiger partial charge on any atom is -0.489 e. The summed E-state index contributed by atoms with van der Waals surface area (Å²) in [7, 11) is 0. The van der Waals surface area contributed by atoms with Gasteiger partial charge < -0.3 is 15.8 Å². The van der Waals surface area contributed by atoms with Crippen molar-refractivity contribution in [2.45, 2.75) is 26.5 Å². The van der Waals surface area contributed by atoms with E-state index in [0.29, 0.717) is 11.4 Å². The Kier molecular flexibility index (Phi) is 4.23. The van der Waals surface area contributed by atoms with E-state index in [2.05, 4.69) is 10.3 Å². The summed E-state index contributed by atoms with van der Waals surface area (Å²) < 4.78 is 5.66. The molecular weight excluding hydrogens is 238 g/mol. The van der Waals surface area contributed by atoms with Crippen molar-refractivity contribution in [1.82, 2.24) is 4.98 Å². The average molecular weight is 257 g/mol. The first-order chi connectivity index (χ1) is 9.15. The van der Waals surface area contributed by atoms with Crippen LogP contribution in [0.5, 0.6) is 5.75 Å². The number of nitrogens with zero attached hydrogens (tertiary/aromatic N) is 1. The zero-order valence-electron chi connectivity index (χ0n) is 11.3. The predicted molar refractivity (Wildman–Crippen MR) is 78.2 cm³/mol. The zero-order valence-corrected chi connectivity index (χ0v) is 11.3. The van der Waals surface area contributed by atoms with Crippen LogP contribution in [0, 0.1) is 0 Å². The number of benzene rings is 1. The van der Waals surface area contributed by atoms with Crippen LogP contribution in [-0.4, -0.2) is 11.1 Å². The third kappa shape index (κ3) is 3.88. The molecule has 1 aromatic carbocycles. The van der Waals surface area contributed by atoms with Gasteiger partial charge in [-0.3, -0.25) is 4.98 Å². The third-order valence-electron chi connectivity index (χ3n) is 2.60. The maximum Gasteiger partial charge on any atom is 0.144 e. The average Bonchev–Trinajstić information content (AvgIpc) is 2.40. The molecule has 0 unspecified atom stereocenters. The number of nitrogen functional groups attached to an aromatic ring is 1. The highest BCUT2D eigenvalue weighted by Gasteiger charge is 2.04. The Labute approximate surface area is 113 Å². The molecular formula is C15H19N3O. The molecule has 0 radical (unpaired) electrons. The molecule has 4 nitrogen and oxygen atoms in total. The van der Waals surface area contributed by atoms with E-state index in [1.54, 1.807) is 6.20 Å². The van der Waals surface area contributed by atoms with Crippen LogP contribution in [0.25, 0.3) is 0 Å². The number of nitrogens with one attached hydrogen (secondary N) is 1. The van der Waals surface area contributed by atoms with Crippen molar-refractivity contribution in [3.8, 4) is 5.75 Å². The number of nitrogens with two attached hydrogens (primary N) is 1. The SMILES string of the molecule is CC(C)Oc1cc(NCc2cccnc2)ccc1N. The van der Waals surface area contributed by atoms with Crippen LogP contribution in [0.4, 0.5) is 11.4 Å². The fraction of sp³-hybridized carbons (Fsp3) is 0.267. The Morgan fingerprint density at radius 3 is 2.84 bits per heavy atom. The van der Waals surface area contributed by atoms with E-state index in [-0.39, 0.29) is 6.10 Å². The lowest BCUT2D eigenvalue weighted by Gasteiger charge is -2.14. The Morgan fingerprint density at radius 2 is 2.16 bits per heavy atom. The van der Waals surface area contributed by atoms with Crippen LogP contribution >= 0.6 is 0 Å². The second kappa shape index (κ2) is 6.09. The summed E-state index contributed by atoms with van der Waals surface area (Å²) >= 11 is 0. The summed E-state index contributed by atoms with van der Waals surface area (Å²) in [4.78, 5) is 4.08. The molecule has 0 bridgehead atoms. The van der Waals surface area contributed by atoms with E-state index < -0.39 is 0 Å². The molecule has 2 rings (SSSR count). The Hall–Kier alpha value is -2.23. The summed E-state index contributed by atoms with van der Waals surface area (Å²) in [6.07, 6.45) is 3.72. The summed E-state index contributed by atoms with van der Waals surface area (Å²) in [5.74, 6) is 0.714. The van der Waals surface area contributed by atoms with Crippen LogP contribution in [0.2, 0.25) is 0 Å². The van der Waals surface area contributed by atoms with Crippen molar-refractivity contribution in [2.75, 3.05) is 11.1 Å². The zero-order chi connectivity index (χ0) is 13.7. The molecule has 0 aliphatic rings. The second-order valence-electron chi connectivity index (χ2n) is 4.63. The molecule has 0 saturated heterocycles. The number of anilines is 2. The standard InChI is InChI=1S/C15H19N3O/c1-11(2)19-15-8-13(5-6-14(15)16)18-10-12-4-3-7-17-9-12/h3-9,11,18H,10,16H2,1-2H3. The first-order valence-corrected chi connectivity index (χ1v) is 6.34. The van der Waals surface area contributed by atoms with Gasteiger partial charge in [-0.1, -0.05) is 6.07 Å². The lowest BCUT2D eigenvalue weighted by Crippen LogP contribution is -2.08. The highest BCUT2D eigenvalue weighted by atomic mass is 16.5. The highest BCUT2D eigenvalue weighted by Crippen LogP contribution is 2.26. The van der Waals surface area contributed by atoms with E-state index in [1.165, 1.54) is 0 Å². The number of rotatable bonds is 5. The van der Waals surface area contributed by atoms with Crippen LogP contribution < -0.4 is 15.8 Å². The molecule has 0 atom stereocenters. The van der Waals surface area contributed by atoms with E-state index >= 15 is 0 Å². The van der Waals surface area contributed by atoms with Crippen LogP contribution in [0.3, 0.4) is 0 Å². The Balaban J connectivity index is 2.04. The highest BCUT2D eigenvalue weighted by molar-refractivity contribution is 5.61. The summed E-state index contributed by atoms with van der Waals surface area (Å²) in [6, 6.07) is 9.67. The molecule has 3 N–H and O–H groups in total. The summed E-state index contributed by atoms with van der Waals surface area (Å²) in [6.45, 7) is 4.68. The predicted octanol–water partition coefficient (Wildman–Crippen LogP) is 3.06. The minimum absolute atomic E-state index is 0.107. The van der Waals surface area contributed by atoms with Gasteiger partial charge >= 0.3 is 0 Å². The van der Waals surface area contributed by atoms with Gasteiger partial charge in [0, 0.05) is 30.7 Å². The topological polar surface area (TPSA) is 60.2 Å². The van der Waals surface area contributed by atoms with E-state index in [4.69, 9.17) is 10.5 Å². The molecule has 19 heavy (non-hydrogen) atoms. The Morgan fingerprint density at radius 1 is 1.32 bits per heavy atom. The van der Waals surface area contributed by atoms with Gasteiger partial charge in [-0.25, -0.2) is 0 Å². The lowest BCUT2D eigenvalue weighted by atomic mass is 10.2. The smallest absolute Gasteiger partial charge is 0.144 e. The molecule has 0 aliphatic heterocycles. The van der Waals surface area contributed by atoms with Crippen molar-refractivity contribution >= 4 is 11.4 Å². The van der Waals surface area contributed by atoms with Gasteiger partial charge in [0.2, 0.25) is 0 Å². The molecule has 0 fully saturated rings. The maximum absolute atomic E-state index is 5.88. The second-order valence-corrected chi connectivity index (χ2v) is 4.63. The first-order valence-electron chi connectivity index (χ1n) is 6.34. The van der Waals surface area contributed by atoms with Gasteiger partial charge in [0.25, 0.3) is 0 Å². The van der Waals surface area contributed by atoms with Crippen molar-refractivity contribution < 1.29 is 4.74 Å². The van der Waals surface area contributed by atoms with Crippen LogP contribution in [-0.2, 0) is 6.54 Å².